The largest absolute Gasteiger partial charge is 0.320 e. The third-order valence-corrected chi connectivity index (χ3v) is 2.26. The van der Waals surface area contributed by atoms with Gasteiger partial charge in [-0.25, -0.2) is 10.9 Å². The van der Waals surface area contributed by atoms with Gasteiger partial charge in [0.05, 0.1) is 12.8 Å². The molecule has 1 unspecified atom stereocenters. The maximum Gasteiger partial charge on any atom is 0.238 e. The van der Waals surface area contributed by atoms with Crippen LogP contribution < -0.4 is 21.6 Å². The molecule has 1 aromatic carbocycles. The number of carbonyl (C=O) groups excluding carboxylic acids is 1. The lowest BCUT2D eigenvalue weighted by Crippen LogP contribution is -2.64. The minimum atomic E-state index is -0.391. The molecule has 0 saturated carbocycles. The molecule has 0 spiro atoms. The van der Waals surface area contributed by atoms with E-state index in [9.17, 15) is 4.79 Å². The van der Waals surface area contributed by atoms with Crippen molar-refractivity contribution in [3.63, 3.8) is 0 Å². The van der Waals surface area contributed by atoms with Gasteiger partial charge in [-0.1, -0.05) is 29.8 Å². The van der Waals surface area contributed by atoms with Gasteiger partial charge in [0.2, 0.25) is 5.91 Å². The Bertz CT molecular complexity index is 432. The predicted octanol–water partition coefficient (Wildman–Crippen LogP) is -0.574. The van der Waals surface area contributed by atoms with Gasteiger partial charge >= 0.3 is 0 Å². The first-order chi connectivity index (χ1) is 8.24. The van der Waals surface area contributed by atoms with Crippen molar-refractivity contribution >= 4 is 12.1 Å². The highest BCUT2D eigenvalue weighted by atomic mass is 16.2. The summed E-state index contributed by atoms with van der Waals surface area (Å²) in [4.78, 5) is 11.0. The minimum absolute atomic E-state index is 0.0768. The average molecular weight is 233 g/mol. The van der Waals surface area contributed by atoms with Crippen LogP contribution in [0.1, 0.15) is 11.1 Å². The van der Waals surface area contributed by atoms with Gasteiger partial charge in [0.1, 0.15) is 0 Å². The van der Waals surface area contributed by atoms with Gasteiger partial charge in [0.15, 0.2) is 6.29 Å². The lowest BCUT2D eigenvalue weighted by Gasteiger charge is -2.24. The van der Waals surface area contributed by atoms with Crippen LogP contribution in [0.2, 0.25) is 0 Å². The van der Waals surface area contributed by atoms with Crippen molar-refractivity contribution in [3.8, 4) is 0 Å². The zero-order chi connectivity index (χ0) is 12.1. The molecule has 90 valence electrons. The number of nitrogens with one attached hydrogen (secondary N) is 4. The van der Waals surface area contributed by atoms with Gasteiger partial charge in [0, 0.05) is 0 Å². The van der Waals surface area contributed by atoms with E-state index in [2.05, 4.69) is 26.7 Å². The van der Waals surface area contributed by atoms with E-state index in [0.717, 1.165) is 5.56 Å². The second-order valence-electron chi connectivity index (χ2n) is 3.80. The molecule has 1 aromatic rings. The molecule has 6 nitrogen and oxygen atoms in total. The summed E-state index contributed by atoms with van der Waals surface area (Å²) in [6, 6.07) is 7.98. The summed E-state index contributed by atoms with van der Waals surface area (Å²) in [6.45, 7) is 2.29. The topological polar surface area (TPSA) is 77.6 Å². The van der Waals surface area contributed by atoms with E-state index in [1.54, 1.807) is 6.21 Å². The Morgan fingerprint density at radius 1 is 1.53 bits per heavy atom. The van der Waals surface area contributed by atoms with Crippen molar-refractivity contribution in [2.24, 2.45) is 5.10 Å². The van der Waals surface area contributed by atoms with Gasteiger partial charge < -0.3 is 5.32 Å². The molecule has 1 heterocycles. The monoisotopic (exact) mass is 233 g/mol. The van der Waals surface area contributed by atoms with Crippen LogP contribution >= 0.6 is 0 Å². The Morgan fingerprint density at radius 3 is 3.18 bits per heavy atom. The molecular weight excluding hydrogens is 218 g/mol. The van der Waals surface area contributed by atoms with Crippen LogP contribution in [0.5, 0.6) is 0 Å². The number of carbonyl (C=O) groups is 1. The number of aryl methyl sites for hydroxylation is 1. The lowest BCUT2D eigenvalue weighted by molar-refractivity contribution is -0.123. The number of hydrogen-bond donors (Lipinski definition) is 4. The Kier molecular flexibility index (Phi) is 3.69. The molecule has 0 bridgehead atoms. The quantitative estimate of drug-likeness (QED) is 0.416. The Labute approximate surface area is 99.4 Å². The van der Waals surface area contributed by atoms with Crippen molar-refractivity contribution in [3.05, 3.63) is 35.4 Å². The standard InChI is InChI=1S/C11H15N5O/c1-8-3-2-4-9(5-8)6-12-15-11-14-10(17)7-13-16-11/h2-6,11,13,15-16H,7H2,1H3,(H,14,17)/b12-6+. The number of amides is 1. The highest BCUT2D eigenvalue weighted by Crippen LogP contribution is 2.00. The van der Waals surface area contributed by atoms with Crippen molar-refractivity contribution in [2.75, 3.05) is 6.54 Å². The van der Waals surface area contributed by atoms with Crippen molar-refractivity contribution in [1.29, 1.82) is 0 Å². The van der Waals surface area contributed by atoms with E-state index in [1.807, 2.05) is 31.2 Å². The van der Waals surface area contributed by atoms with Gasteiger partial charge in [-0.3, -0.25) is 10.2 Å². The molecule has 1 saturated heterocycles. The molecule has 1 amide bonds. The molecule has 4 N–H and O–H groups in total. The van der Waals surface area contributed by atoms with E-state index < -0.39 is 6.29 Å². The SMILES string of the molecule is Cc1cccc(/C=N/NC2NNCC(=O)N2)c1. The summed E-state index contributed by atoms with van der Waals surface area (Å²) in [7, 11) is 0. The number of hydrogen-bond acceptors (Lipinski definition) is 5. The highest BCUT2D eigenvalue weighted by Gasteiger charge is 2.14. The summed E-state index contributed by atoms with van der Waals surface area (Å²) >= 11 is 0. The van der Waals surface area contributed by atoms with Crippen LogP contribution in [0.15, 0.2) is 29.4 Å². The van der Waals surface area contributed by atoms with Crippen LogP contribution in [0.3, 0.4) is 0 Å². The molecule has 1 aliphatic heterocycles. The number of hydrazone groups is 1. The normalized spacial score (nSPS) is 20.3. The maximum absolute atomic E-state index is 11.0. The van der Waals surface area contributed by atoms with Crippen molar-refractivity contribution < 1.29 is 4.79 Å². The van der Waals surface area contributed by atoms with Crippen molar-refractivity contribution in [2.45, 2.75) is 13.2 Å². The number of benzene rings is 1. The number of hydrazine groups is 1. The molecule has 0 radical (unpaired) electrons. The molecule has 1 fully saturated rings. The number of rotatable bonds is 3. The van der Waals surface area contributed by atoms with E-state index in [-0.39, 0.29) is 12.5 Å². The fraction of sp³-hybridized carbons (Fsp3) is 0.273. The van der Waals surface area contributed by atoms with Gasteiger partial charge in [-0.2, -0.15) is 5.10 Å². The van der Waals surface area contributed by atoms with Crippen LogP contribution in [0.25, 0.3) is 0 Å². The zero-order valence-corrected chi connectivity index (χ0v) is 9.53. The maximum atomic E-state index is 11.0. The number of nitrogens with zero attached hydrogens (tertiary/aromatic N) is 1. The van der Waals surface area contributed by atoms with Gasteiger partial charge in [0.25, 0.3) is 0 Å². The second kappa shape index (κ2) is 5.42. The van der Waals surface area contributed by atoms with Gasteiger partial charge in [-0.15, -0.1) is 0 Å². The third kappa shape index (κ3) is 3.54. The zero-order valence-electron chi connectivity index (χ0n) is 9.53. The van der Waals surface area contributed by atoms with Crippen LogP contribution in [0, 0.1) is 6.92 Å². The molecule has 0 aliphatic carbocycles. The van der Waals surface area contributed by atoms with Crippen LogP contribution in [-0.2, 0) is 4.79 Å². The summed E-state index contributed by atoms with van der Waals surface area (Å²) in [5.41, 5.74) is 10.6. The first kappa shape index (κ1) is 11.6. The second-order valence-corrected chi connectivity index (χ2v) is 3.80. The Hall–Kier alpha value is -1.92. The first-order valence-corrected chi connectivity index (χ1v) is 5.37. The fourth-order valence-corrected chi connectivity index (χ4v) is 1.48. The summed E-state index contributed by atoms with van der Waals surface area (Å²) < 4.78 is 0. The molecular formula is C11H15N5O. The summed E-state index contributed by atoms with van der Waals surface area (Å²) in [5, 5.41) is 6.73. The summed E-state index contributed by atoms with van der Waals surface area (Å²) in [5.74, 6) is -0.0768. The van der Waals surface area contributed by atoms with E-state index in [0.29, 0.717) is 0 Å². The van der Waals surface area contributed by atoms with Crippen LogP contribution in [0.4, 0.5) is 0 Å². The molecule has 0 aromatic heterocycles. The van der Waals surface area contributed by atoms with E-state index in [1.165, 1.54) is 5.56 Å². The van der Waals surface area contributed by atoms with Crippen LogP contribution in [-0.4, -0.2) is 25.0 Å². The minimum Gasteiger partial charge on any atom is -0.320 e. The predicted molar refractivity (Wildman–Crippen MR) is 65.0 cm³/mol. The smallest absolute Gasteiger partial charge is 0.238 e. The molecule has 1 aliphatic rings. The van der Waals surface area contributed by atoms with E-state index >= 15 is 0 Å². The lowest BCUT2D eigenvalue weighted by atomic mass is 10.2. The first-order valence-electron chi connectivity index (χ1n) is 5.37. The molecule has 2 rings (SSSR count). The van der Waals surface area contributed by atoms with Crippen molar-refractivity contribution in [1.82, 2.24) is 21.6 Å². The Morgan fingerprint density at radius 2 is 2.41 bits per heavy atom. The average Bonchev–Trinajstić information content (AvgIpc) is 2.29. The Balaban J connectivity index is 1.87. The summed E-state index contributed by atoms with van der Waals surface area (Å²) in [6.07, 6.45) is 1.31. The van der Waals surface area contributed by atoms with E-state index in [4.69, 9.17) is 0 Å². The molecule has 17 heavy (non-hydrogen) atoms. The van der Waals surface area contributed by atoms with Gasteiger partial charge in [-0.05, 0) is 12.5 Å². The molecule has 6 heteroatoms. The molecule has 1 atom stereocenters. The fourth-order valence-electron chi connectivity index (χ4n) is 1.48. The third-order valence-electron chi connectivity index (χ3n) is 2.26. The highest BCUT2D eigenvalue weighted by molar-refractivity contribution is 5.80.